The molecule has 156 valence electrons. The average Bonchev–Trinajstić information content (AvgIpc) is 3.02. The molecular weight excluding hydrogens is 479 g/mol. The lowest BCUT2D eigenvalue weighted by molar-refractivity contribution is -0.401. The van der Waals surface area contributed by atoms with Gasteiger partial charge in [-0.2, -0.15) is 4.58 Å². The summed E-state index contributed by atoms with van der Waals surface area (Å²) in [5.74, 6) is 0. The molecule has 2 aromatic rings. The van der Waals surface area contributed by atoms with Crippen molar-refractivity contribution in [1.29, 1.82) is 0 Å². The molecule has 0 saturated carbocycles. The number of para-hydroxylation sites is 2. The molecule has 0 unspecified atom stereocenters. The minimum Gasteiger partial charge on any atom is -1.00 e. The molecule has 2 aliphatic heterocycles. The van der Waals surface area contributed by atoms with Crippen molar-refractivity contribution < 1.29 is 28.6 Å². The zero-order valence-electron chi connectivity index (χ0n) is 18.8. The van der Waals surface area contributed by atoms with Crippen molar-refractivity contribution in [3.63, 3.8) is 0 Å². The van der Waals surface area contributed by atoms with E-state index in [2.05, 4.69) is 130 Å². The molecule has 0 N–H and O–H groups in total. The highest BCUT2D eigenvalue weighted by atomic mass is 127. The standard InChI is InChI=1S/C27H31N2.HI/c1-26(2)20-14-10-12-16-22(20)28(5)24(26)18-8-7-9-19-25-27(3,4)21-15-11-13-17-23(21)29(25)6;/h7-19H,1-6H3;1H/q+1;/p-1. The van der Waals surface area contributed by atoms with Crippen LogP contribution in [0.2, 0.25) is 0 Å². The monoisotopic (exact) mass is 510 g/mol. The summed E-state index contributed by atoms with van der Waals surface area (Å²) < 4.78 is 2.31. The highest BCUT2D eigenvalue weighted by molar-refractivity contribution is 6.03. The minimum absolute atomic E-state index is 0. The third-order valence-electron chi connectivity index (χ3n) is 6.61. The number of halogens is 1. The molecule has 0 spiro atoms. The van der Waals surface area contributed by atoms with Crippen molar-refractivity contribution in [3.05, 3.63) is 95.7 Å². The van der Waals surface area contributed by atoms with Gasteiger partial charge < -0.3 is 28.9 Å². The first-order valence-electron chi connectivity index (χ1n) is 10.4. The van der Waals surface area contributed by atoms with Gasteiger partial charge in [0.25, 0.3) is 0 Å². The van der Waals surface area contributed by atoms with Crippen LogP contribution in [0.25, 0.3) is 0 Å². The van der Waals surface area contributed by atoms with Gasteiger partial charge in [-0.05, 0) is 31.6 Å². The van der Waals surface area contributed by atoms with Crippen LogP contribution in [0.15, 0.2) is 84.6 Å². The van der Waals surface area contributed by atoms with Gasteiger partial charge in [0.05, 0.1) is 5.41 Å². The number of hydrogen-bond donors (Lipinski definition) is 0. The lowest BCUT2D eigenvalue weighted by Gasteiger charge is -2.23. The van der Waals surface area contributed by atoms with Crippen LogP contribution in [-0.4, -0.2) is 24.4 Å². The maximum Gasteiger partial charge on any atom is 0.209 e. The van der Waals surface area contributed by atoms with E-state index >= 15 is 0 Å². The summed E-state index contributed by atoms with van der Waals surface area (Å²) in [6.45, 7) is 9.20. The van der Waals surface area contributed by atoms with Gasteiger partial charge in [-0.25, -0.2) is 0 Å². The smallest absolute Gasteiger partial charge is 0.209 e. The van der Waals surface area contributed by atoms with Crippen molar-refractivity contribution in [1.82, 2.24) is 0 Å². The molecule has 0 atom stereocenters. The normalized spacial score (nSPS) is 20.2. The first kappa shape index (κ1) is 22.5. The second-order valence-electron chi connectivity index (χ2n) is 9.08. The summed E-state index contributed by atoms with van der Waals surface area (Å²) in [5.41, 5.74) is 8.06. The van der Waals surface area contributed by atoms with Crippen LogP contribution in [0, 0.1) is 0 Å². The Balaban J connectivity index is 0.00000256. The Hall–Kier alpha value is -2.14. The highest BCUT2D eigenvalue weighted by Gasteiger charge is 2.42. The van der Waals surface area contributed by atoms with Crippen molar-refractivity contribution in [2.75, 3.05) is 19.0 Å². The zero-order valence-corrected chi connectivity index (χ0v) is 20.9. The Morgan fingerprint density at radius 2 is 1.43 bits per heavy atom. The van der Waals surface area contributed by atoms with Gasteiger partial charge in [-0.1, -0.05) is 68.5 Å². The molecule has 2 aliphatic rings. The maximum absolute atomic E-state index is 2.31. The van der Waals surface area contributed by atoms with Crippen LogP contribution >= 0.6 is 0 Å². The molecule has 0 aromatic heterocycles. The van der Waals surface area contributed by atoms with E-state index in [1.807, 2.05) is 0 Å². The van der Waals surface area contributed by atoms with Gasteiger partial charge >= 0.3 is 0 Å². The predicted molar refractivity (Wildman–Crippen MR) is 125 cm³/mol. The minimum atomic E-state index is 0. The molecule has 0 fully saturated rings. The number of likely N-dealkylation sites (N-methyl/N-ethyl adjacent to an activating group) is 1. The van der Waals surface area contributed by atoms with Crippen LogP contribution in [0.5, 0.6) is 0 Å². The van der Waals surface area contributed by atoms with E-state index in [0.29, 0.717) is 0 Å². The number of rotatable bonds is 3. The second kappa shape index (κ2) is 8.18. The van der Waals surface area contributed by atoms with E-state index in [4.69, 9.17) is 0 Å². The largest absolute Gasteiger partial charge is 1.00 e. The van der Waals surface area contributed by atoms with Crippen molar-refractivity contribution in [2.45, 2.75) is 38.5 Å². The summed E-state index contributed by atoms with van der Waals surface area (Å²) in [4.78, 5) is 2.31. The Kier molecular flexibility index (Phi) is 6.15. The molecular formula is C27H31IN2. The third kappa shape index (κ3) is 3.47. The highest BCUT2D eigenvalue weighted by Crippen LogP contribution is 2.46. The molecule has 0 amide bonds. The summed E-state index contributed by atoms with van der Waals surface area (Å²) in [5, 5.41) is 0. The summed E-state index contributed by atoms with van der Waals surface area (Å²) >= 11 is 0. The van der Waals surface area contributed by atoms with Gasteiger partial charge in [0.2, 0.25) is 5.69 Å². The van der Waals surface area contributed by atoms with E-state index in [1.54, 1.807) is 0 Å². The van der Waals surface area contributed by atoms with Crippen molar-refractivity contribution in [2.24, 2.45) is 0 Å². The van der Waals surface area contributed by atoms with E-state index in [-0.39, 0.29) is 34.8 Å². The zero-order chi connectivity index (χ0) is 20.8. The van der Waals surface area contributed by atoms with Crippen molar-refractivity contribution in [3.8, 4) is 0 Å². The topological polar surface area (TPSA) is 6.25 Å². The quantitative estimate of drug-likeness (QED) is 0.350. The second-order valence-corrected chi connectivity index (χ2v) is 9.08. The number of benzene rings is 2. The average molecular weight is 510 g/mol. The third-order valence-corrected chi connectivity index (χ3v) is 6.61. The van der Waals surface area contributed by atoms with Gasteiger partial charge in [-0.3, -0.25) is 0 Å². The summed E-state index contributed by atoms with van der Waals surface area (Å²) in [6.07, 6.45) is 10.9. The summed E-state index contributed by atoms with van der Waals surface area (Å²) in [6, 6.07) is 17.4. The lowest BCUT2D eigenvalue weighted by Crippen LogP contribution is -3.00. The Morgan fingerprint density at radius 1 is 0.800 bits per heavy atom. The molecule has 30 heavy (non-hydrogen) atoms. The lowest BCUT2D eigenvalue weighted by atomic mass is 9.81. The molecule has 2 aromatic carbocycles. The maximum atomic E-state index is 2.31. The molecule has 0 bridgehead atoms. The number of hydrogen-bond acceptors (Lipinski definition) is 1. The predicted octanol–water partition coefficient (Wildman–Crippen LogP) is 3.12. The Morgan fingerprint density at radius 3 is 2.10 bits per heavy atom. The van der Waals surface area contributed by atoms with Gasteiger partial charge in [0.1, 0.15) is 7.05 Å². The van der Waals surface area contributed by atoms with Crippen LogP contribution in [0.1, 0.15) is 38.8 Å². The van der Waals surface area contributed by atoms with Gasteiger partial charge in [0, 0.05) is 41.6 Å². The number of nitrogens with zero attached hydrogens (tertiary/aromatic N) is 2. The number of allylic oxidation sites excluding steroid dienone is 6. The molecule has 2 nitrogen and oxygen atoms in total. The molecule has 4 rings (SSSR count). The molecule has 2 heterocycles. The van der Waals surface area contributed by atoms with E-state index < -0.39 is 0 Å². The SMILES string of the molecule is CN1\C(=C/C=C/C=C/C2=[N+](C)c3ccccc3C2(C)C)C(C)(C)c2ccccc21.[I-]. The summed E-state index contributed by atoms with van der Waals surface area (Å²) in [7, 11) is 4.32. The van der Waals surface area contributed by atoms with E-state index in [9.17, 15) is 0 Å². The van der Waals surface area contributed by atoms with Gasteiger partial charge in [0.15, 0.2) is 5.71 Å². The fourth-order valence-electron chi connectivity index (χ4n) is 4.96. The number of fused-ring (bicyclic) bond motifs is 2. The van der Waals surface area contributed by atoms with Crippen LogP contribution < -0.4 is 28.9 Å². The molecule has 0 radical (unpaired) electrons. The first-order chi connectivity index (χ1) is 13.8. The fraction of sp³-hybridized carbons (Fsp3) is 0.296. The molecule has 0 aliphatic carbocycles. The van der Waals surface area contributed by atoms with Crippen LogP contribution in [-0.2, 0) is 10.8 Å². The van der Waals surface area contributed by atoms with Crippen molar-refractivity contribution >= 4 is 17.1 Å². The van der Waals surface area contributed by atoms with E-state index in [1.165, 1.54) is 33.9 Å². The first-order valence-corrected chi connectivity index (χ1v) is 10.4. The number of anilines is 1. The Labute approximate surface area is 198 Å². The molecule has 0 saturated heterocycles. The van der Waals surface area contributed by atoms with Crippen LogP contribution in [0.3, 0.4) is 0 Å². The molecule has 3 heteroatoms. The Bertz CT molecular complexity index is 1080. The van der Waals surface area contributed by atoms with Crippen LogP contribution in [0.4, 0.5) is 11.4 Å². The van der Waals surface area contributed by atoms with E-state index in [0.717, 1.165) is 0 Å². The van der Waals surface area contributed by atoms with Gasteiger partial charge in [-0.15, -0.1) is 0 Å². The fourth-order valence-corrected chi connectivity index (χ4v) is 4.96.